The molecule has 20 heavy (non-hydrogen) atoms. The van der Waals surface area contributed by atoms with Gasteiger partial charge in [0.25, 0.3) is 0 Å². The molecule has 0 aliphatic carbocycles. The summed E-state index contributed by atoms with van der Waals surface area (Å²) >= 11 is 5.45. The van der Waals surface area contributed by atoms with E-state index >= 15 is 0 Å². The molecule has 0 saturated carbocycles. The maximum Gasteiger partial charge on any atom is 0.328 e. The quantitative estimate of drug-likeness (QED) is 0.650. The van der Waals surface area contributed by atoms with E-state index in [1.54, 1.807) is 0 Å². The number of methoxy groups -OCH3 is 1. The number of amides is 1. The smallest absolute Gasteiger partial charge is 0.328 e. The van der Waals surface area contributed by atoms with Crippen molar-refractivity contribution in [3.05, 3.63) is 36.0 Å². The van der Waals surface area contributed by atoms with Crippen LogP contribution in [0.15, 0.2) is 30.5 Å². The van der Waals surface area contributed by atoms with Crippen molar-refractivity contribution in [2.75, 3.05) is 13.0 Å². The number of hydrogen-bond acceptors (Lipinski definition) is 3. The number of carbonyl (C=O) groups excluding carboxylic acids is 2. The van der Waals surface area contributed by atoms with Crippen molar-refractivity contribution in [3.63, 3.8) is 0 Å². The minimum atomic E-state index is -0.745. The Morgan fingerprint density at radius 2 is 2.15 bits per heavy atom. The molecule has 1 aromatic carbocycles. The van der Waals surface area contributed by atoms with E-state index < -0.39 is 17.9 Å². The van der Waals surface area contributed by atoms with Crippen molar-refractivity contribution in [2.45, 2.75) is 12.5 Å². The molecule has 0 radical (unpaired) electrons. The lowest BCUT2D eigenvalue weighted by Crippen LogP contribution is -2.43. The number of esters is 1. The number of aromatic nitrogens is 1. The maximum atomic E-state index is 11.7. The molecule has 1 unspecified atom stereocenters. The number of halogens is 1. The molecule has 2 rings (SSSR count). The van der Waals surface area contributed by atoms with E-state index in [2.05, 4.69) is 10.3 Å². The number of H-pyrrole nitrogens is 1. The highest BCUT2D eigenvalue weighted by atomic mass is 35.5. The lowest BCUT2D eigenvalue weighted by atomic mass is 10.0. The summed E-state index contributed by atoms with van der Waals surface area (Å²) in [6.45, 7) is 0. The number of nitrogens with one attached hydrogen (secondary N) is 2. The molecule has 1 atom stereocenters. The molecule has 0 bridgehead atoms. The lowest BCUT2D eigenvalue weighted by molar-refractivity contribution is -0.144. The van der Waals surface area contributed by atoms with Crippen LogP contribution in [0.3, 0.4) is 0 Å². The van der Waals surface area contributed by atoms with Gasteiger partial charge in [0.15, 0.2) is 0 Å². The zero-order valence-corrected chi connectivity index (χ0v) is 11.7. The number of hydrogen-bond donors (Lipinski definition) is 2. The van der Waals surface area contributed by atoms with E-state index in [1.807, 2.05) is 30.5 Å². The molecular weight excluding hydrogens is 280 g/mol. The average Bonchev–Trinajstić information content (AvgIpc) is 2.89. The Balaban J connectivity index is 2.22. The molecule has 106 valence electrons. The molecule has 1 heterocycles. The van der Waals surface area contributed by atoms with Crippen LogP contribution in [0.25, 0.3) is 10.9 Å². The predicted octanol–water partition coefficient (Wildman–Crippen LogP) is 1.61. The molecule has 6 heteroatoms. The standard InChI is InChI=1S/C14H15ClN2O3/c1-20-14(19)12(17-13(18)7-15)6-9-8-16-11-5-3-2-4-10(9)11/h2-5,8,12,16H,6-7H2,1H3,(H,17,18). The minimum absolute atomic E-state index is 0.193. The van der Waals surface area contributed by atoms with Crippen LogP contribution in [0.4, 0.5) is 0 Å². The monoisotopic (exact) mass is 294 g/mol. The number of rotatable bonds is 5. The number of fused-ring (bicyclic) bond motifs is 1. The van der Waals surface area contributed by atoms with Crippen LogP contribution in [-0.2, 0) is 20.7 Å². The number of alkyl halides is 1. The van der Waals surface area contributed by atoms with E-state index in [9.17, 15) is 9.59 Å². The summed E-state index contributed by atoms with van der Waals surface area (Å²) in [4.78, 5) is 26.2. The zero-order chi connectivity index (χ0) is 14.5. The van der Waals surface area contributed by atoms with E-state index in [0.29, 0.717) is 6.42 Å². The van der Waals surface area contributed by atoms with E-state index in [-0.39, 0.29) is 5.88 Å². The fraction of sp³-hybridized carbons (Fsp3) is 0.286. The Hall–Kier alpha value is -2.01. The molecular formula is C14H15ClN2O3. The summed E-state index contributed by atoms with van der Waals surface area (Å²) in [5.41, 5.74) is 1.92. The van der Waals surface area contributed by atoms with Crippen LogP contribution in [0, 0.1) is 0 Å². The fourth-order valence-corrected chi connectivity index (χ4v) is 2.17. The summed E-state index contributed by atoms with van der Waals surface area (Å²) in [5, 5.41) is 3.58. The van der Waals surface area contributed by atoms with Crippen molar-refractivity contribution < 1.29 is 14.3 Å². The molecule has 0 aliphatic rings. The van der Waals surface area contributed by atoms with Crippen molar-refractivity contribution in [3.8, 4) is 0 Å². The fourth-order valence-electron chi connectivity index (χ4n) is 2.09. The molecule has 1 amide bonds. The van der Waals surface area contributed by atoms with Gasteiger partial charge in [0.2, 0.25) is 5.91 Å². The SMILES string of the molecule is COC(=O)C(Cc1c[nH]c2ccccc12)NC(=O)CCl. The first-order chi connectivity index (χ1) is 9.65. The molecule has 5 nitrogen and oxygen atoms in total. The normalized spacial score (nSPS) is 12.1. The van der Waals surface area contributed by atoms with Gasteiger partial charge in [-0.3, -0.25) is 4.79 Å². The summed E-state index contributed by atoms with van der Waals surface area (Å²) in [7, 11) is 1.29. The first-order valence-electron chi connectivity index (χ1n) is 6.14. The van der Waals surface area contributed by atoms with Gasteiger partial charge in [-0.1, -0.05) is 18.2 Å². The second-order valence-electron chi connectivity index (χ2n) is 4.34. The van der Waals surface area contributed by atoms with E-state index in [0.717, 1.165) is 16.5 Å². The Morgan fingerprint density at radius 3 is 2.85 bits per heavy atom. The summed E-state index contributed by atoms with van der Waals surface area (Å²) < 4.78 is 4.71. The third-order valence-electron chi connectivity index (χ3n) is 3.04. The highest BCUT2D eigenvalue weighted by Gasteiger charge is 2.22. The zero-order valence-electron chi connectivity index (χ0n) is 11.0. The second-order valence-corrected chi connectivity index (χ2v) is 4.61. The van der Waals surface area contributed by atoms with Crippen molar-refractivity contribution >= 4 is 34.4 Å². The summed E-state index contributed by atoms with van der Waals surface area (Å²) in [6.07, 6.45) is 2.17. The number of para-hydroxylation sites is 1. The van der Waals surface area contributed by atoms with Crippen LogP contribution in [0.5, 0.6) is 0 Å². The molecule has 0 aliphatic heterocycles. The molecule has 2 aromatic rings. The lowest BCUT2D eigenvalue weighted by Gasteiger charge is -2.15. The molecule has 0 fully saturated rings. The van der Waals surface area contributed by atoms with Gasteiger partial charge >= 0.3 is 5.97 Å². The Labute approximate surface area is 121 Å². The van der Waals surface area contributed by atoms with Crippen LogP contribution in [0.1, 0.15) is 5.56 Å². The largest absolute Gasteiger partial charge is 0.467 e. The summed E-state index contributed by atoms with van der Waals surface area (Å²) in [5.74, 6) is -1.09. The Bertz CT molecular complexity index is 624. The topological polar surface area (TPSA) is 71.2 Å². The average molecular weight is 295 g/mol. The molecule has 1 aromatic heterocycles. The third-order valence-corrected chi connectivity index (χ3v) is 3.28. The Morgan fingerprint density at radius 1 is 1.40 bits per heavy atom. The van der Waals surface area contributed by atoms with Crippen LogP contribution in [-0.4, -0.2) is 35.9 Å². The number of benzene rings is 1. The van der Waals surface area contributed by atoms with Gasteiger partial charge in [-0.15, -0.1) is 11.6 Å². The van der Waals surface area contributed by atoms with Gasteiger partial charge in [0.05, 0.1) is 7.11 Å². The highest BCUT2D eigenvalue weighted by Crippen LogP contribution is 2.19. The van der Waals surface area contributed by atoms with Gasteiger partial charge in [0.1, 0.15) is 11.9 Å². The maximum absolute atomic E-state index is 11.7. The van der Waals surface area contributed by atoms with Gasteiger partial charge in [0, 0.05) is 23.5 Å². The molecule has 0 spiro atoms. The van der Waals surface area contributed by atoms with Crippen molar-refractivity contribution in [2.24, 2.45) is 0 Å². The van der Waals surface area contributed by atoms with Crippen LogP contribution in [0.2, 0.25) is 0 Å². The number of ether oxygens (including phenoxy) is 1. The second kappa shape index (κ2) is 6.43. The van der Waals surface area contributed by atoms with E-state index in [1.165, 1.54) is 7.11 Å². The first kappa shape index (κ1) is 14.4. The van der Waals surface area contributed by atoms with E-state index in [4.69, 9.17) is 16.3 Å². The first-order valence-corrected chi connectivity index (χ1v) is 6.67. The van der Waals surface area contributed by atoms with Gasteiger partial charge in [-0.05, 0) is 11.6 Å². The number of aromatic amines is 1. The Kier molecular flexibility index (Phi) is 4.63. The van der Waals surface area contributed by atoms with Gasteiger partial charge < -0.3 is 15.0 Å². The van der Waals surface area contributed by atoms with Crippen molar-refractivity contribution in [1.29, 1.82) is 0 Å². The van der Waals surface area contributed by atoms with Crippen LogP contribution < -0.4 is 5.32 Å². The summed E-state index contributed by atoms with van der Waals surface area (Å²) in [6, 6.07) is 7.01. The van der Waals surface area contributed by atoms with Crippen LogP contribution >= 0.6 is 11.6 Å². The number of carbonyl (C=O) groups is 2. The van der Waals surface area contributed by atoms with Crippen molar-refractivity contribution in [1.82, 2.24) is 10.3 Å². The van der Waals surface area contributed by atoms with Gasteiger partial charge in [-0.25, -0.2) is 4.79 Å². The third kappa shape index (κ3) is 3.11. The minimum Gasteiger partial charge on any atom is -0.467 e. The molecule has 2 N–H and O–H groups in total. The predicted molar refractivity (Wildman–Crippen MR) is 76.7 cm³/mol. The van der Waals surface area contributed by atoms with Gasteiger partial charge in [-0.2, -0.15) is 0 Å². The highest BCUT2D eigenvalue weighted by molar-refractivity contribution is 6.27. The molecule has 0 saturated heterocycles.